The van der Waals surface area contributed by atoms with E-state index in [-0.39, 0.29) is 6.04 Å². The molecular formula is C24H29N9. The van der Waals surface area contributed by atoms with Crippen LogP contribution in [-0.2, 0) is 0 Å². The van der Waals surface area contributed by atoms with Gasteiger partial charge >= 0.3 is 0 Å². The molecule has 4 aromatic heterocycles. The van der Waals surface area contributed by atoms with E-state index in [9.17, 15) is 0 Å². The number of aromatic nitrogens is 5. The first-order valence-electron chi connectivity index (χ1n) is 11.3. The van der Waals surface area contributed by atoms with Crippen molar-refractivity contribution in [2.75, 3.05) is 29.0 Å². The lowest BCUT2D eigenvalue weighted by Crippen LogP contribution is -2.54. The largest absolute Gasteiger partial charge is 0.384 e. The Morgan fingerprint density at radius 2 is 1.94 bits per heavy atom. The predicted octanol–water partition coefficient (Wildman–Crippen LogP) is 3.36. The van der Waals surface area contributed by atoms with Gasteiger partial charge in [0.25, 0.3) is 0 Å². The third-order valence-electron chi connectivity index (χ3n) is 6.00. The smallest absolute Gasteiger partial charge is 0.143 e. The van der Waals surface area contributed by atoms with E-state index in [1.807, 2.05) is 18.3 Å². The number of hydrogen-bond acceptors (Lipinski definition) is 8. The number of nitrogens with zero attached hydrogens (tertiary/aromatic N) is 5. The van der Waals surface area contributed by atoms with Crippen LogP contribution < -0.4 is 21.3 Å². The zero-order valence-electron chi connectivity index (χ0n) is 19.1. The van der Waals surface area contributed by atoms with Crippen molar-refractivity contribution in [1.82, 2.24) is 30.2 Å². The number of piperazine rings is 1. The second-order valence-corrected chi connectivity index (χ2v) is 8.78. The van der Waals surface area contributed by atoms with Crippen LogP contribution in [0.5, 0.6) is 0 Å². The molecule has 0 aromatic carbocycles. The fraction of sp³-hybridized carbons (Fsp3) is 0.333. The Labute approximate surface area is 192 Å². The summed E-state index contributed by atoms with van der Waals surface area (Å²) in [5.74, 6) is 2.22. The average Bonchev–Trinajstić information content (AvgIpc) is 3.24. The lowest BCUT2D eigenvalue weighted by molar-refractivity contribution is 0.405. The normalized spacial score (nSPS) is 19.5. The van der Waals surface area contributed by atoms with Crippen LogP contribution in [0, 0.1) is 0 Å². The highest BCUT2D eigenvalue weighted by atomic mass is 15.3. The minimum Gasteiger partial charge on any atom is -0.384 e. The molecule has 33 heavy (non-hydrogen) atoms. The van der Waals surface area contributed by atoms with Gasteiger partial charge in [0.2, 0.25) is 0 Å². The molecule has 0 saturated carbocycles. The van der Waals surface area contributed by atoms with E-state index in [1.165, 1.54) is 0 Å². The number of anilines is 3. The molecule has 170 valence electrons. The van der Waals surface area contributed by atoms with Gasteiger partial charge in [-0.25, -0.2) is 19.9 Å². The topological polar surface area (TPSA) is 121 Å². The number of H-pyrrole nitrogens is 1. The fourth-order valence-electron chi connectivity index (χ4n) is 4.57. The second kappa shape index (κ2) is 8.67. The second-order valence-electron chi connectivity index (χ2n) is 8.78. The number of rotatable bonds is 5. The molecule has 0 bridgehead atoms. The van der Waals surface area contributed by atoms with Gasteiger partial charge in [-0.3, -0.25) is 0 Å². The molecule has 5 rings (SSSR count). The molecule has 1 saturated heterocycles. The van der Waals surface area contributed by atoms with Crippen molar-refractivity contribution in [3.05, 3.63) is 54.7 Å². The summed E-state index contributed by atoms with van der Waals surface area (Å²) >= 11 is 0. The predicted molar refractivity (Wildman–Crippen MR) is 132 cm³/mol. The molecule has 0 spiro atoms. The summed E-state index contributed by atoms with van der Waals surface area (Å²) in [6, 6.07) is 10.8. The summed E-state index contributed by atoms with van der Waals surface area (Å²) in [5.41, 5.74) is 9.56. The van der Waals surface area contributed by atoms with Crippen molar-refractivity contribution in [1.29, 1.82) is 0 Å². The molecule has 0 radical (unpaired) electrons. The third-order valence-corrected chi connectivity index (χ3v) is 6.00. The van der Waals surface area contributed by atoms with E-state index in [0.717, 1.165) is 52.6 Å². The van der Waals surface area contributed by atoms with Gasteiger partial charge in [-0.2, -0.15) is 0 Å². The minimum absolute atomic E-state index is 0.0499. The molecule has 5 N–H and O–H groups in total. The molecule has 4 aromatic rings. The molecule has 3 atom stereocenters. The third kappa shape index (κ3) is 4.31. The first kappa shape index (κ1) is 21.1. The van der Waals surface area contributed by atoms with Crippen LogP contribution in [0.1, 0.15) is 32.5 Å². The molecule has 0 aliphatic carbocycles. The number of fused-ring (bicyclic) bond motifs is 1. The Bertz CT molecular complexity index is 1260. The standard InChI is InChI=1S/C24H29N9/c1-14-11-33(12-15(2)30-14)21-6-4-5-19(32-21)16(3)31-24-22-18(10-27-23(22)28-13-29-24)17-7-8-26-20(25)9-17/h4-10,13-16,30H,11-12H2,1-3H3,(H2,25,26)(H2,27,28,29,31)/t14-,15+,16-/m0/s1. The molecular weight excluding hydrogens is 414 g/mol. The number of hydrogen-bond donors (Lipinski definition) is 4. The van der Waals surface area contributed by atoms with Gasteiger partial charge < -0.3 is 26.3 Å². The van der Waals surface area contributed by atoms with Crippen molar-refractivity contribution < 1.29 is 0 Å². The monoisotopic (exact) mass is 443 g/mol. The molecule has 1 fully saturated rings. The summed E-state index contributed by atoms with van der Waals surface area (Å²) in [6.07, 6.45) is 5.19. The number of nitrogens with two attached hydrogens (primary N) is 1. The van der Waals surface area contributed by atoms with Crippen LogP contribution in [-0.4, -0.2) is 50.1 Å². The van der Waals surface area contributed by atoms with Crippen molar-refractivity contribution in [3.8, 4) is 11.1 Å². The zero-order valence-corrected chi connectivity index (χ0v) is 19.1. The first-order chi connectivity index (χ1) is 16.0. The van der Waals surface area contributed by atoms with Crippen molar-refractivity contribution in [2.45, 2.75) is 38.9 Å². The molecule has 0 amide bonds. The quantitative estimate of drug-likeness (QED) is 0.371. The maximum Gasteiger partial charge on any atom is 0.143 e. The molecule has 1 aliphatic rings. The van der Waals surface area contributed by atoms with Crippen molar-refractivity contribution >= 4 is 28.5 Å². The van der Waals surface area contributed by atoms with E-state index in [0.29, 0.717) is 17.9 Å². The lowest BCUT2D eigenvalue weighted by atomic mass is 10.1. The minimum atomic E-state index is -0.0499. The van der Waals surface area contributed by atoms with E-state index in [1.54, 1.807) is 12.5 Å². The highest BCUT2D eigenvalue weighted by Gasteiger charge is 2.23. The fourth-order valence-corrected chi connectivity index (χ4v) is 4.57. The number of nitrogens with one attached hydrogen (secondary N) is 3. The van der Waals surface area contributed by atoms with Gasteiger partial charge in [-0.05, 0) is 50.6 Å². The summed E-state index contributed by atoms with van der Waals surface area (Å²) in [7, 11) is 0. The molecule has 5 heterocycles. The highest BCUT2D eigenvalue weighted by Crippen LogP contribution is 2.33. The van der Waals surface area contributed by atoms with E-state index >= 15 is 0 Å². The maximum absolute atomic E-state index is 5.91. The van der Waals surface area contributed by atoms with Gasteiger partial charge in [-0.15, -0.1) is 0 Å². The van der Waals surface area contributed by atoms with E-state index < -0.39 is 0 Å². The van der Waals surface area contributed by atoms with Crippen LogP contribution >= 0.6 is 0 Å². The summed E-state index contributed by atoms with van der Waals surface area (Å²) < 4.78 is 0. The van der Waals surface area contributed by atoms with Gasteiger partial charge in [0.05, 0.1) is 17.1 Å². The maximum atomic E-state index is 5.91. The highest BCUT2D eigenvalue weighted by molar-refractivity contribution is 6.01. The average molecular weight is 444 g/mol. The Hall–Kier alpha value is -3.72. The van der Waals surface area contributed by atoms with Crippen LogP contribution in [0.2, 0.25) is 0 Å². The van der Waals surface area contributed by atoms with Crippen molar-refractivity contribution in [2.24, 2.45) is 0 Å². The van der Waals surface area contributed by atoms with Crippen LogP contribution in [0.15, 0.2) is 49.1 Å². The summed E-state index contributed by atoms with van der Waals surface area (Å²) in [4.78, 5) is 23.6. The van der Waals surface area contributed by atoms with Crippen LogP contribution in [0.25, 0.3) is 22.2 Å². The molecule has 9 nitrogen and oxygen atoms in total. The molecule has 1 aliphatic heterocycles. The zero-order chi connectivity index (χ0) is 22.9. The van der Waals surface area contributed by atoms with Gasteiger partial charge in [0.1, 0.15) is 29.4 Å². The Balaban J connectivity index is 1.44. The number of pyridine rings is 2. The van der Waals surface area contributed by atoms with Crippen molar-refractivity contribution in [3.63, 3.8) is 0 Å². The van der Waals surface area contributed by atoms with Gasteiger partial charge in [0, 0.05) is 43.1 Å². The Morgan fingerprint density at radius 1 is 1.12 bits per heavy atom. The van der Waals surface area contributed by atoms with E-state index in [2.05, 4.69) is 74.4 Å². The SMILES string of the molecule is C[C@@H]1CN(c2cccc([C@H](C)Nc3ncnc4[nH]cc(-c5ccnc(N)c5)c34)n2)C[C@H](C)N1. The number of nitrogen functional groups attached to an aromatic ring is 1. The lowest BCUT2D eigenvalue weighted by Gasteiger charge is -2.37. The first-order valence-corrected chi connectivity index (χ1v) is 11.3. The molecule has 9 heteroatoms. The Morgan fingerprint density at radius 3 is 2.73 bits per heavy atom. The van der Waals surface area contributed by atoms with Crippen LogP contribution in [0.3, 0.4) is 0 Å². The van der Waals surface area contributed by atoms with Gasteiger partial charge in [-0.1, -0.05) is 6.07 Å². The summed E-state index contributed by atoms with van der Waals surface area (Å²) in [5, 5.41) is 8.04. The number of aromatic amines is 1. The molecule has 0 unspecified atom stereocenters. The Kier molecular flexibility index (Phi) is 5.55. The summed E-state index contributed by atoms with van der Waals surface area (Å²) in [6.45, 7) is 8.40. The van der Waals surface area contributed by atoms with E-state index in [4.69, 9.17) is 10.7 Å². The van der Waals surface area contributed by atoms with Gasteiger partial charge in [0.15, 0.2) is 0 Å². The van der Waals surface area contributed by atoms with Crippen LogP contribution in [0.4, 0.5) is 17.5 Å².